The molecule has 25 heavy (non-hydrogen) atoms. The first-order valence-electron chi connectivity index (χ1n) is 8.82. The fourth-order valence-electron chi connectivity index (χ4n) is 2.94. The van der Waals surface area contributed by atoms with Crippen molar-refractivity contribution in [2.75, 3.05) is 32.9 Å². The zero-order valence-electron chi connectivity index (χ0n) is 15.5. The van der Waals surface area contributed by atoms with Crippen LogP contribution >= 0.6 is 24.0 Å². The highest BCUT2D eigenvalue weighted by Gasteiger charge is 2.22. The Balaban J connectivity index is 0.00000312. The summed E-state index contributed by atoms with van der Waals surface area (Å²) in [4.78, 5) is 7.07. The number of aryl methyl sites for hydroxylation is 1. The van der Waals surface area contributed by atoms with Crippen molar-refractivity contribution in [3.05, 3.63) is 11.6 Å². The number of nitrogens with zero attached hydrogens (tertiary/aromatic N) is 5. The minimum Gasteiger partial charge on any atom is -0.356 e. The molecular formula is C16H31FIN7. The molecule has 7 nitrogen and oxygen atoms in total. The van der Waals surface area contributed by atoms with Crippen LogP contribution in [0.1, 0.15) is 37.8 Å². The molecule has 1 aliphatic rings. The van der Waals surface area contributed by atoms with Gasteiger partial charge in [-0.05, 0) is 39.3 Å². The van der Waals surface area contributed by atoms with Gasteiger partial charge in [-0.15, -0.1) is 34.2 Å². The van der Waals surface area contributed by atoms with Gasteiger partial charge in [0.25, 0.3) is 0 Å². The van der Waals surface area contributed by atoms with Gasteiger partial charge in [-0.1, -0.05) is 6.92 Å². The molecule has 1 fully saturated rings. The van der Waals surface area contributed by atoms with E-state index in [1.54, 1.807) is 0 Å². The summed E-state index contributed by atoms with van der Waals surface area (Å²) in [7, 11) is 1.93. The highest BCUT2D eigenvalue weighted by Crippen LogP contribution is 2.15. The van der Waals surface area contributed by atoms with Crippen LogP contribution in [0.15, 0.2) is 4.99 Å². The lowest BCUT2D eigenvalue weighted by molar-refractivity contribution is 0.267. The molecule has 1 aliphatic heterocycles. The molecule has 2 rings (SSSR count). The normalized spacial score (nSPS) is 18.2. The van der Waals surface area contributed by atoms with E-state index in [9.17, 15) is 4.39 Å². The standard InChI is InChI=1S/C16H30FN7.HI/c1-4-24-10-5-7-14(24)11-19-16(18-9-6-8-17)20-12-15-22-21-13(2)23(15)3;/h14H,4-12H2,1-3H3,(H2,18,19,20);1H. The van der Waals surface area contributed by atoms with Crippen molar-refractivity contribution in [3.8, 4) is 0 Å². The van der Waals surface area contributed by atoms with Crippen LogP contribution in [0, 0.1) is 6.92 Å². The molecule has 2 N–H and O–H groups in total. The van der Waals surface area contributed by atoms with Gasteiger partial charge >= 0.3 is 0 Å². The predicted octanol–water partition coefficient (Wildman–Crippen LogP) is 1.62. The van der Waals surface area contributed by atoms with E-state index in [0.717, 1.165) is 24.7 Å². The van der Waals surface area contributed by atoms with E-state index in [-0.39, 0.29) is 30.7 Å². The van der Waals surface area contributed by atoms with Crippen LogP contribution in [0.25, 0.3) is 0 Å². The second-order valence-electron chi connectivity index (χ2n) is 6.16. The van der Waals surface area contributed by atoms with Crippen molar-refractivity contribution in [2.45, 2.75) is 45.7 Å². The molecule has 0 spiro atoms. The Morgan fingerprint density at radius 3 is 2.80 bits per heavy atom. The Bertz CT molecular complexity index is 535. The van der Waals surface area contributed by atoms with E-state index >= 15 is 0 Å². The monoisotopic (exact) mass is 467 g/mol. The third-order valence-electron chi connectivity index (χ3n) is 4.57. The molecule has 0 aromatic carbocycles. The number of guanidine groups is 1. The maximum Gasteiger partial charge on any atom is 0.191 e. The minimum absolute atomic E-state index is 0. The number of halogens is 2. The maximum atomic E-state index is 12.4. The number of rotatable bonds is 8. The number of aliphatic imine (C=N–C) groups is 1. The SMILES string of the molecule is CCN1CCCC1CNC(=NCc1nnc(C)n1C)NCCCF.I. The number of hydrogen-bond acceptors (Lipinski definition) is 4. The molecule has 144 valence electrons. The lowest BCUT2D eigenvalue weighted by atomic mass is 10.2. The predicted molar refractivity (Wildman–Crippen MR) is 109 cm³/mol. The van der Waals surface area contributed by atoms with E-state index < -0.39 is 0 Å². The highest BCUT2D eigenvalue weighted by molar-refractivity contribution is 14.0. The first kappa shape index (κ1) is 22.1. The zero-order chi connectivity index (χ0) is 17.4. The average Bonchev–Trinajstić information content (AvgIpc) is 3.17. The molecule has 0 bridgehead atoms. The molecule has 1 unspecified atom stereocenters. The van der Waals surface area contributed by atoms with Gasteiger partial charge in [0.1, 0.15) is 12.4 Å². The largest absolute Gasteiger partial charge is 0.356 e. The Kier molecular flexibility index (Phi) is 10.2. The molecule has 1 saturated heterocycles. The maximum absolute atomic E-state index is 12.4. The molecule has 1 aromatic rings. The summed E-state index contributed by atoms with van der Waals surface area (Å²) in [5.74, 6) is 2.40. The van der Waals surface area contributed by atoms with E-state index in [4.69, 9.17) is 0 Å². The number of hydrogen-bond donors (Lipinski definition) is 2. The van der Waals surface area contributed by atoms with Gasteiger partial charge in [-0.2, -0.15) is 0 Å². The van der Waals surface area contributed by atoms with Crippen LogP contribution in [0.2, 0.25) is 0 Å². The van der Waals surface area contributed by atoms with E-state index in [0.29, 0.717) is 31.5 Å². The smallest absolute Gasteiger partial charge is 0.191 e. The summed E-state index contributed by atoms with van der Waals surface area (Å²) in [6, 6.07) is 0.542. The molecule has 9 heteroatoms. The third-order valence-corrected chi connectivity index (χ3v) is 4.57. The highest BCUT2D eigenvalue weighted by atomic mass is 127. The fourth-order valence-corrected chi connectivity index (χ4v) is 2.94. The van der Waals surface area contributed by atoms with Crippen LogP contribution in [0.3, 0.4) is 0 Å². The summed E-state index contributed by atoms with van der Waals surface area (Å²) in [5, 5.41) is 14.8. The van der Waals surface area contributed by atoms with Crippen molar-refractivity contribution in [1.29, 1.82) is 0 Å². The summed E-state index contributed by atoms with van der Waals surface area (Å²) < 4.78 is 14.3. The van der Waals surface area contributed by atoms with Gasteiger partial charge in [-0.3, -0.25) is 9.29 Å². The number of alkyl halides is 1. The topological polar surface area (TPSA) is 70.4 Å². The second kappa shape index (κ2) is 11.6. The Morgan fingerprint density at radius 2 is 2.16 bits per heavy atom. The van der Waals surface area contributed by atoms with Crippen LogP contribution in [-0.2, 0) is 13.6 Å². The van der Waals surface area contributed by atoms with Crippen molar-refractivity contribution >= 4 is 29.9 Å². The molecule has 1 atom stereocenters. The molecule has 1 aromatic heterocycles. The van der Waals surface area contributed by atoms with Crippen molar-refractivity contribution in [3.63, 3.8) is 0 Å². The third kappa shape index (κ3) is 6.69. The molecule has 0 radical (unpaired) electrons. The number of likely N-dealkylation sites (tertiary alicyclic amines) is 1. The quantitative estimate of drug-likeness (QED) is 0.263. The number of likely N-dealkylation sites (N-methyl/N-ethyl adjacent to an activating group) is 1. The van der Waals surface area contributed by atoms with Gasteiger partial charge < -0.3 is 15.2 Å². The summed E-state index contributed by atoms with van der Waals surface area (Å²) in [5.41, 5.74) is 0. The first-order valence-corrected chi connectivity index (χ1v) is 8.82. The Morgan fingerprint density at radius 1 is 1.36 bits per heavy atom. The second-order valence-corrected chi connectivity index (χ2v) is 6.16. The first-order chi connectivity index (χ1) is 11.7. The van der Waals surface area contributed by atoms with E-state index in [1.807, 2.05) is 18.5 Å². The van der Waals surface area contributed by atoms with Crippen LogP contribution in [0.5, 0.6) is 0 Å². The Hall–Kier alpha value is -0.970. The van der Waals surface area contributed by atoms with Crippen LogP contribution in [0.4, 0.5) is 4.39 Å². The van der Waals surface area contributed by atoms with Crippen molar-refractivity contribution < 1.29 is 4.39 Å². The molecule has 0 aliphatic carbocycles. The number of aromatic nitrogens is 3. The minimum atomic E-state index is -0.324. The van der Waals surface area contributed by atoms with E-state index in [2.05, 4.69) is 37.6 Å². The summed E-state index contributed by atoms with van der Waals surface area (Å²) in [6.45, 7) is 7.91. The van der Waals surface area contributed by atoms with Gasteiger partial charge in [0.05, 0.1) is 6.67 Å². The average molecular weight is 467 g/mol. The van der Waals surface area contributed by atoms with Gasteiger partial charge in [0, 0.05) is 26.2 Å². The molecule has 2 heterocycles. The zero-order valence-corrected chi connectivity index (χ0v) is 17.8. The van der Waals surface area contributed by atoms with Gasteiger partial charge in [0.2, 0.25) is 0 Å². The number of nitrogens with one attached hydrogen (secondary N) is 2. The molecule has 0 saturated carbocycles. The summed E-state index contributed by atoms with van der Waals surface area (Å²) >= 11 is 0. The lowest BCUT2D eigenvalue weighted by Crippen LogP contribution is -2.45. The fraction of sp³-hybridized carbons (Fsp3) is 0.812. The van der Waals surface area contributed by atoms with Crippen molar-refractivity contribution in [1.82, 2.24) is 30.3 Å². The van der Waals surface area contributed by atoms with Crippen LogP contribution in [-0.4, -0.2) is 64.5 Å². The Labute approximate surface area is 166 Å². The van der Waals surface area contributed by atoms with Crippen LogP contribution < -0.4 is 10.6 Å². The van der Waals surface area contributed by atoms with E-state index in [1.165, 1.54) is 19.4 Å². The lowest BCUT2D eigenvalue weighted by Gasteiger charge is -2.24. The molecular weight excluding hydrogens is 436 g/mol. The summed E-state index contributed by atoms with van der Waals surface area (Å²) in [6.07, 6.45) is 2.94. The van der Waals surface area contributed by atoms with Gasteiger partial charge in [0.15, 0.2) is 11.8 Å². The molecule has 0 amide bonds. The van der Waals surface area contributed by atoms with Gasteiger partial charge in [-0.25, -0.2) is 4.99 Å². The van der Waals surface area contributed by atoms with Crippen molar-refractivity contribution in [2.24, 2.45) is 12.0 Å².